The highest BCUT2D eigenvalue weighted by atomic mass is 16.5. The summed E-state index contributed by atoms with van der Waals surface area (Å²) in [6.07, 6.45) is 0.433. The number of nitrogens with zero attached hydrogens (tertiary/aromatic N) is 2. The second kappa shape index (κ2) is 7.59. The van der Waals surface area contributed by atoms with Crippen LogP contribution in [0.25, 0.3) is 5.69 Å². The van der Waals surface area contributed by atoms with E-state index in [-0.39, 0.29) is 11.9 Å². The third-order valence-corrected chi connectivity index (χ3v) is 4.14. The van der Waals surface area contributed by atoms with Crippen LogP contribution in [0, 0.1) is 13.8 Å². The number of morpholine rings is 1. The number of carbonyl (C=O) groups excluding carboxylic acids is 1. The van der Waals surface area contributed by atoms with Gasteiger partial charge in [-0.2, -0.15) is 5.10 Å². The standard InChI is InChI=1S/C18H24N4O2/c1-13-9-14(2)22(21-13)17-6-4-3-5-15(17)11-20-18(23)10-16-12-24-8-7-19-16/h3-6,9,16,19H,7-8,10-12H2,1-2H3,(H,20,23). The van der Waals surface area contributed by atoms with E-state index in [1.54, 1.807) is 0 Å². The molecule has 128 valence electrons. The number of hydrogen-bond donors (Lipinski definition) is 2. The van der Waals surface area contributed by atoms with Gasteiger partial charge in [0.05, 0.1) is 24.6 Å². The number of nitrogens with one attached hydrogen (secondary N) is 2. The zero-order chi connectivity index (χ0) is 16.9. The van der Waals surface area contributed by atoms with E-state index in [1.165, 1.54) is 0 Å². The molecule has 0 spiro atoms. The van der Waals surface area contributed by atoms with Gasteiger partial charge in [-0.1, -0.05) is 18.2 Å². The zero-order valence-electron chi connectivity index (χ0n) is 14.2. The number of hydrogen-bond acceptors (Lipinski definition) is 4. The van der Waals surface area contributed by atoms with Crippen LogP contribution in [0.15, 0.2) is 30.3 Å². The molecule has 1 atom stereocenters. The van der Waals surface area contributed by atoms with E-state index in [9.17, 15) is 4.79 Å². The molecule has 1 saturated heterocycles. The Hall–Kier alpha value is -2.18. The van der Waals surface area contributed by atoms with Crippen molar-refractivity contribution in [3.63, 3.8) is 0 Å². The molecule has 3 rings (SSSR count). The summed E-state index contributed by atoms with van der Waals surface area (Å²) in [5.74, 6) is 0.0289. The van der Waals surface area contributed by atoms with Crippen molar-refractivity contribution < 1.29 is 9.53 Å². The molecule has 0 bridgehead atoms. The number of carbonyl (C=O) groups is 1. The predicted molar refractivity (Wildman–Crippen MR) is 92.1 cm³/mol. The van der Waals surface area contributed by atoms with Crippen molar-refractivity contribution >= 4 is 5.91 Å². The van der Waals surface area contributed by atoms with Crippen molar-refractivity contribution in [2.75, 3.05) is 19.8 Å². The first kappa shape index (κ1) is 16.7. The van der Waals surface area contributed by atoms with Gasteiger partial charge in [0.15, 0.2) is 0 Å². The summed E-state index contributed by atoms with van der Waals surface area (Å²) in [7, 11) is 0. The van der Waals surface area contributed by atoms with Gasteiger partial charge in [-0.05, 0) is 31.5 Å². The SMILES string of the molecule is Cc1cc(C)n(-c2ccccc2CNC(=O)CC2COCCN2)n1. The van der Waals surface area contributed by atoms with Crippen LogP contribution in [0.3, 0.4) is 0 Å². The van der Waals surface area contributed by atoms with Crippen molar-refractivity contribution in [2.45, 2.75) is 32.9 Å². The van der Waals surface area contributed by atoms with Crippen LogP contribution in [0.2, 0.25) is 0 Å². The summed E-state index contributed by atoms with van der Waals surface area (Å²) in [5.41, 5.74) is 4.11. The van der Waals surface area contributed by atoms with Crippen molar-refractivity contribution in [1.29, 1.82) is 0 Å². The maximum Gasteiger partial charge on any atom is 0.221 e. The first-order valence-electron chi connectivity index (χ1n) is 8.33. The number of rotatable bonds is 5. The molecule has 1 fully saturated rings. The van der Waals surface area contributed by atoms with Crippen LogP contribution in [0.5, 0.6) is 0 Å². The van der Waals surface area contributed by atoms with E-state index in [0.29, 0.717) is 26.2 Å². The highest BCUT2D eigenvalue weighted by Gasteiger charge is 2.17. The Morgan fingerprint density at radius 3 is 2.96 bits per heavy atom. The minimum absolute atomic E-state index is 0.0289. The summed E-state index contributed by atoms with van der Waals surface area (Å²) >= 11 is 0. The fraction of sp³-hybridized carbons (Fsp3) is 0.444. The van der Waals surface area contributed by atoms with E-state index in [1.807, 2.05) is 48.9 Å². The van der Waals surface area contributed by atoms with Crippen LogP contribution in [-0.2, 0) is 16.1 Å². The molecule has 1 aromatic carbocycles. The van der Waals surface area contributed by atoms with Crippen molar-refractivity contribution in [3.8, 4) is 5.69 Å². The molecule has 1 unspecified atom stereocenters. The Bertz CT molecular complexity index is 705. The quantitative estimate of drug-likeness (QED) is 0.872. The first-order chi connectivity index (χ1) is 11.6. The van der Waals surface area contributed by atoms with Gasteiger partial charge in [0.2, 0.25) is 5.91 Å². The van der Waals surface area contributed by atoms with Crippen molar-refractivity contribution in [2.24, 2.45) is 0 Å². The fourth-order valence-electron chi connectivity index (χ4n) is 2.98. The highest BCUT2D eigenvalue weighted by molar-refractivity contribution is 5.76. The molecule has 2 heterocycles. The Morgan fingerprint density at radius 1 is 1.42 bits per heavy atom. The number of aromatic nitrogens is 2. The van der Waals surface area contributed by atoms with Crippen LogP contribution < -0.4 is 10.6 Å². The van der Waals surface area contributed by atoms with Gasteiger partial charge in [-0.25, -0.2) is 4.68 Å². The van der Waals surface area contributed by atoms with Gasteiger partial charge in [0.1, 0.15) is 0 Å². The summed E-state index contributed by atoms with van der Waals surface area (Å²) in [6.45, 7) is 6.61. The van der Waals surface area contributed by atoms with E-state index < -0.39 is 0 Å². The molecule has 0 saturated carbocycles. The van der Waals surface area contributed by atoms with E-state index in [2.05, 4.69) is 15.7 Å². The van der Waals surface area contributed by atoms with Crippen molar-refractivity contribution in [3.05, 3.63) is 47.3 Å². The number of aryl methyl sites for hydroxylation is 2. The molecule has 0 aliphatic carbocycles. The Kier molecular flexibility index (Phi) is 5.27. The zero-order valence-corrected chi connectivity index (χ0v) is 14.2. The molecule has 2 N–H and O–H groups in total. The van der Waals surface area contributed by atoms with Crippen LogP contribution in [0.4, 0.5) is 0 Å². The molecule has 1 aliphatic heterocycles. The van der Waals surface area contributed by atoms with E-state index in [4.69, 9.17) is 4.74 Å². The van der Waals surface area contributed by atoms with Gasteiger partial charge in [0, 0.05) is 31.2 Å². The molecule has 2 aromatic rings. The minimum Gasteiger partial charge on any atom is -0.378 e. The summed E-state index contributed by atoms with van der Waals surface area (Å²) in [6, 6.07) is 10.2. The number of benzene rings is 1. The average Bonchev–Trinajstić information content (AvgIpc) is 2.92. The number of ether oxygens (including phenoxy) is 1. The molecule has 1 amide bonds. The summed E-state index contributed by atoms with van der Waals surface area (Å²) in [4.78, 5) is 12.2. The number of para-hydroxylation sites is 1. The third kappa shape index (κ3) is 4.01. The lowest BCUT2D eigenvalue weighted by molar-refractivity contribution is -0.122. The molecular formula is C18H24N4O2. The first-order valence-corrected chi connectivity index (χ1v) is 8.33. The molecule has 0 radical (unpaired) electrons. The van der Waals surface area contributed by atoms with Crippen LogP contribution in [-0.4, -0.2) is 41.5 Å². The monoisotopic (exact) mass is 328 g/mol. The van der Waals surface area contributed by atoms with Gasteiger partial charge in [-0.3, -0.25) is 4.79 Å². The molecule has 24 heavy (non-hydrogen) atoms. The third-order valence-electron chi connectivity index (χ3n) is 4.14. The van der Waals surface area contributed by atoms with Crippen LogP contribution >= 0.6 is 0 Å². The normalized spacial score (nSPS) is 17.7. The lowest BCUT2D eigenvalue weighted by Gasteiger charge is -2.23. The predicted octanol–water partition coefficient (Wildman–Crippen LogP) is 1.48. The van der Waals surface area contributed by atoms with Gasteiger partial charge in [0.25, 0.3) is 0 Å². The minimum atomic E-state index is 0.0289. The lowest BCUT2D eigenvalue weighted by atomic mass is 10.1. The van der Waals surface area contributed by atoms with Crippen LogP contribution in [0.1, 0.15) is 23.4 Å². The maximum atomic E-state index is 12.2. The lowest BCUT2D eigenvalue weighted by Crippen LogP contribution is -2.44. The van der Waals surface area contributed by atoms with Gasteiger partial charge < -0.3 is 15.4 Å². The summed E-state index contributed by atoms with van der Waals surface area (Å²) in [5, 5.41) is 10.8. The molecule has 1 aromatic heterocycles. The second-order valence-electron chi connectivity index (χ2n) is 6.17. The second-order valence-corrected chi connectivity index (χ2v) is 6.17. The van der Waals surface area contributed by atoms with E-state index >= 15 is 0 Å². The highest BCUT2D eigenvalue weighted by Crippen LogP contribution is 2.17. The van der Waals surface area contributed by atoms with Gasteiger partial charge >= 0.3 is 0 Å². The fourth-order valence-corrected chi connectivity index (χ4v) is 2.98. The Labute approximate surface area is 142 Å². The molecule has 1 aliphatic rings. The topological polar surface area (TPSA) is 68.2 Å². The molecular weight excluding hydrogens is 304 g/mol. The summed E-state index contributed by atoms with van der Waals surface area (Å²) < 4.78 is 7.31. The maximum absolute atomic E-state index is 12.2. The van der Waals surface area contributed by atoms with E-state index in [0.717, 1.165) is 29.2 Å². The smallest absolute Gasteiger partial charge is 0.221 e. The van der Waals surface area contributed by atoms with Crippen molar-refractivity contribution in [1.82, 2.24) is 20.4 Å². The Balaban J connectivity index is 1.65. The molecule has 6 heteroatoms. The average molecular weight is 328 g/mol. The largest absolute Gasteiger partial charge is 0.378 e. The van der Waals surface area contributed by atoms with Gasteiger partial charge in [-0.15, -0.1) is 0 Å². The number of amides is 1. The molecule has 6 nitrogen and oxygen atoms in total. The Morgan fingerprint density at radius 2 is 2.25 bits per heavy atom.